The summed E-state index contributed by atoms with van der Waals surface area (Å²) in [7, 11) is 0. The molecule has 1 heterocycles. The van der Waals surface area contributed by atoms with E-state index in [9.17, 15) is 4.79 Å². The van der Waals surface area contributed by atoms with Crippen LogP contribution in [0.5, 0.6) is 0 Å². The summed E-state index contributed by atoms with van der Waals surface area (Å²) in [5.74, 6) is 0.705. The average molecular weight is 242 g/mol. The number of rotatable bonds is 4. The molecule has 0 saturated carbocycles. The minimum Gasteiger partial charge on any atom is -0.446 e. The number of hydrogen-bond donors (Lipinski definition) is 1. The lowest BCUT2D eigenvalue weighted by atomic mass is 10.1. The Morgan fingerprint density at radius 1 is 1.29 bits per heavy atom. The predicted molar refractivity (Wildman–Crippen MR) is 69.1 cm³/mol. The maximum absolute atomic E-state index is 11.4. The largest absolute Gasteiger partial charge is 0.446 e. The van der Waals surface area contributed by atoms with Crippen LogP contribution in [0.4, 0.5) is 4.79 Å². The van der Waals surface area contributed by atoms with E-state index in [0.717, 1.165) is 32.5 Å². The van der Waals surface area contributed by atoms with E-state index in [2.05, 4.69) is 24.1 Å². The van der Waals surface area contributed by atoms with Crippen LogP contribution in [0.1, 0.15) is 40.5 Å². The second kappa shape index (κ2) is 6.84. The first kappa shape index (κ1) is 14.3. The first-order valence-corrected chi connectivity index (χ1v) is 6.67. The van der Waals surface area contributed by atoms with Gasteiger partial charge in [0, 0.05) is 25.7 Å². The monoisotopic (exact) mass is 242 g/mol. The molecule has 0 unspecified atom stereocenters. The van der Waals surface area contributed by atoms with Crippen molar-refractivity contribution in [2.75, 3.05) is 19.6 Å². The third-order valence-corrected chi connectivity index (χ3v) is 2.84. The quantitative estimate of drug-likeness (QED) is 0.822. The zero-order valence-corrected chi connectivity index (χ0v) is 11.5. The van der Waals surface area contributed by atoms with Gasteiger partial charge in [-0.25, -0.2) is 4.79 Å². The number of amides is 1. The molecule has 0 aromatic carbocycles. The predicted octanol–water partition coefficient (Wildman–Crippen LogP) is 2.24. The summed E-state index contributed by atoms with van der Waals surface area (Å²) in [6.07, 6.45) is 1.73. The van der Waals surface area contributed by atoms with E-state index >= 15 is 0 Å². The number of carbonyl (C=O) groups is 1. The van der Waals surface area contributed by atoms with Crippen LogP contribution in [0.3, 0.4) is 0 Å². The van der Waals surface area contributed by atoms with Gasteiger partial charge in [-0.1, -0.05) is 13.8 Å². The van der Waals surface area contributed by atoms with Crippen molar-refractivity contribution in [2.45, 2.75) is 52.7 Å². The number of ether oxygens (including phenoxy) is 1. The van der Waals surface area contributed by atoms with Crippen molar-refractivity contribution in [3.63, 3.8) is 0 Å². The molecule has 1 saturated heterocycles. The minimum absolute atomic E-state index is 0.0946. The van der Waals surface area contributed by atoms with Crippen molar-refractivity contribution in [2.24, 2.45) is 5.92 Å². The summed E-state index contributed by atoms with van der Waals surface area (Å²) in [5, 5.41) is 2.76. The standard InChI is InChI=1S/C13H26N2O2/c1-10(2)9-15-7-5-12(6-8-15)17-13(16)14-11(3)4/h10-12H,5-9H2,1-4H3,(H,14,16). The van der Waals surface area contributed by atoms with Crippen molar-refractivity contribution in [3.05, 3.63) is 0 Å². The van der Waals surface area contributed by atoms with Crippen molar-refractivity contribution >= 4 is 6.09 Å². The molecule has 1 amide bonds. The summed E-state index contributed by atoms with van der Waals surface area (Å²) >= 11 is 0. The van der Waals surface area contributed by atoms with Crippen LogP contribution in [0.15, 0.2) is 0 Å². The average Bonchev–Trinajstić information content (AvgIpc) is 2.18. The van der Waals surface area contributed by atoms with Crippen molar-refractivity contribution < 1.29 is 9.53 Å². The highest BCUT2D eigenvalue weighted by atomic mass is 16.6. The van der Waals surface area contributed by atoms with Crippen LogP contribution in [-0.2, 0) is 4.74 Å². The molecule has 1 fully saturated rings. The highest BCUT2D eigenvalue weighted by molar-refractivity contribution is 5.67. The molecule has 1 aliphatic rings. The number of likely N-dealkylation sites (tertiary alicyclic amines) is 1. The molecule has 0 bridgehead atoms. The van der Waals surface area contributed by atoms with Gasteiger partial charge in [-0.15, -0.1) is 0 Å². The first-order valence-electron chi connectivity index (χ1n) is 6.67. The van der Waals surface area contributed by atoms with Gasteiger partial charge in [0.05, 0.1) is 0 Å². The zero-order chi connectivity index (χ0) is 12.8. The third-order valence-electron chi connectivity index (χ3n) is 2.84. The van der Waals surface area contributed by atoms with E-state index in [1.54, 1.807) is 0 Å². The summed E-state index contributed by atoms with van der Waals surface area (Å²) in [6, 6.07) is 0.142. The summed E-state index contributed by atoms with van der Waals surface area (Å²) < 4.78 is 5.38. The fourth-order valence-corrected chi connectivity index (χ4v) is 2.15. The highest BCUT2D eigenvalue weighted by Crippen LogP contribution is 2.15. The maximum Gasteiger partial charge on any atom is 0.407 e. The number of piperidine rings is 1. The van der Waals surface area contributed by atoms with Gasteiger partial charge in [-0.05, 0) is 32.6 Å². The molecule has 1 N–H and O–H groups in total. The second-order valence-electron chi connectivity index (χ2n) is 5.60. The van der Waals surface area contributed by atoms with Crippen molar-refractivity contribution in [1.82, 2.24) is 10.2 Å². The van der Waals surface area contributed by atoms with Crippen LogP contribution in [-0.4, -0.2) is 42.8 Å². The summed E-state index contributed by atoms with van der Waals surface area (Å²) in [5.41, 5.74) is 0. The van der Waals surface area contributed by atoms with E-state index in [1.165, 1.54) is 0 Å². The minimum atomic E-state index is -0.276. The van der Waals surface area contributed by atoms with Crippen molar-refractivity contribution in [3.8, 4) is 0 Å². The fraction of sp³-hybridized carbons (Fsp3) is 0.923. The van der Waals surface area contributed by atoms with E-state index in [1.807, 2.05) is 13.8 Å². The van der Waals surface area contributed by atoms with Crippen LogP contribution in [0.25, 0.3) is 0 Å². The Labute approximate surface area is 105 Å². The van der Waals surface area contributed by atoms with Crippen LogP contribution >= 0.6 is 0 Å². The van der Waals surface area contributed by atoms with Gasteiger partial charge in [0.1, 0.15) is 6.10 Å². The summed E-state index contributed by atoms with van der Waals surface area (Å²) in [6.45, 7) is 11.6. The van der Waals surface area contributed by atoms with Gasteiger partial charge in [0.15, 0.2) is 0 Å². The van der Waals surface area contributed by atoms with Gasteiger partial charge < -0.3 is 15.0 Å². The van der Waals surface area contributed by atoms with Crippen LogP contribution in [0.2, 0.25) is 0 Å². The van der Waals surface area contributed by atoms with E-state index < -0.39 is 0 Å². The Kier molecular flexibility index (Phi) is 5.75. The van der Waals surface area contributed by atoms with Gasteiger partial charge in [-0.3, -0.25) is 0 Å². The highest BCUT2D eigenvalue weighted by Gasteiger charge is 2.22. The van der Waals surface area contributed by atoms with E-state index in [0.29, 0.717) is 5.92 Å². The maximum atomic E-state index is 11.4. The summed E-state index contributed by atoms with van der Waals surface area (Å²) in [4.78, 5) is 13.9. The van der Waals surface area contributed by atoms with Gasteiger partial charge in [-0.2, -0.15) is 0 Å². The number of alkyl carbamates (subject to hydrolysis) is 1. The van der Waals surface area contributed by atoms with Crippen molar-refractivity contribution in [1.29, 1.82) is 0 Å². The fourth-order valence-electron chi connectivity index (χ4n) is 2.15. The number of nitrogens with zero attached hydrogens (tertiary/aromatic N) is 1. The molecule has 4 nitrogen and oxygen atoms in total. The molecule has 0 atom stereocenters. The molecule has 0 radical (unpaired) electrons. The van der Waals surface area contributed by atoms with E-state index in [-0.39, 0.29) is 18.2 Å². The Balaban J connectivity index is 2.20. The Bertz CT molecular complexity index is 234. The molecule has 0 aromatic rings. The molecular weight excluding hydrogens is 216 g/mol. The normalized spacial score (nSPS) is 18.7. The zero-order valence-electron chi connectivity index (χ0n) is 11.5. The smallest absolute Gasteiger partial charge is 0.407 e. The Morgan fingerprint density at radius 3 is 2.35 bits per heavy atom. The lowest BCUT2D eigenvalue weighted by molar-refractivity contribution is 0.0468. The lowest BCUT2D eigenvalue weighted by Gasteiger charge is -2.32. The lowest BCUT2D eigenvalue weighted by Crippen LogP contribution is -2.41. The SMILES string of the molecule is CC(C)CN1CCC(OC(=O)NC(C)C)CC1. The van der Waals surface area contributed by atoms with Gasteiger partial charge in [0.25, 0.3) is 0 Å². The van der Waals surface area contributed by atoms with E-state index in [4.69, 9.17) is 4.74 Å². The Hall–Kier alpha value is -0.770. The van der Waals surface area contributed by atoms with Crippen LogP contribution < -0.4 is 5.32 Å². The van der Waals surface area contributed by atoms with Gasteiger partial charge in [0.2, 0.25) is 0 Å². The Morgan fingerprint density at radius 2 is 1.88 bits per heavy atom. The second-order valence-corrected chi connectivity index (χ2v) is 5.60. The molecular formula is C13H26N2O2. The third kappa shape index (κ3) is 5.91. The topological polar surface area (TPSA) is 41.6 Å². The molecule has 0 spiro atoms. The van der Waals surface area contributed by atoms with Gasteiger partial charge >= 0.3 is 6.09 Å². The molecule has 1 aliphatic heterocycles. The molecule has 4 heteroatoms. The first-order chi connectivity index (χ1) is 7.97. The molecule has 0 aliphatic carbocycles. The van der Waals surface area contributed by atoms with Crippen LogP contribution in [0, 0.1) is 5.92 Å². The molecule has 1 rings (SSSR count). The molecule has 17 heavy (non-hydrogen) atoms. The number of carbonyl (C=O) groups excluding carboxylic acids is 1. The molecule has 0 aromatic heterocycles. The number of nitrogens with one attached hydrogen (secondary N) is 1. The molecule has 100 valence electrons. The number of hydrogen-bond acceptors (Lipinski definition) is 3.